The van der Waals surface area contributed by atoms with Crippen molar-refractivity contribution in [2.75, 3.05) is 11.7 Å². The average Bonchev–Trinajstić information content (AvgIpc) is 3.23. The molecule has 0 saturated carbocycles. The maximum atomic E-state index is 13.3. The third-order valence-corrected chi connectivity index (χ3v) is 6.45. The molecular formula is C24H29FN4O5S. The van der Waals surface area contributed by atoms with E-state index in [-0.39, 0.29) is 10.9 Å². The lowest BCUT2D eigenvalue weighted by atomic mass is 10.0. The van der Waals surface area contributed by atoms with E-state index >= 15 is 0 Å². The van der Waals surface area contributed by atoms with E-state index < -0.39 is 40.3 Å². The lowest BCUT2D eigenvalue weighted by molar-refractivity contribution is -0.121. The molecule has 0 saturated heterocycles. The first-order valence-corrected chi connectivity index (χ1v) is 12.5. The molecule has 1 aliphatic rings. The second-order valence-corrected chi connectivity index (χ2v) is 10.8. The van der Waals surface area contributed by atoms with Crippen LogP contribution in [-0.4, -0.2) is 44.4 Å². The van der Waals surface area contributed by atoms with Crippen molar-refractivity contribution in [2.24, 2.45) is 5.10 Å². The van der Waals surface area contributed by atoms with Crippen molar-refractivity contribution in [3.05, 3.63) is 60.2 Å². The average molecular weight is 505 g/mol. The van der Waals surface area contributed by atoms with Gasteiger partial charge in [-0.25, -0.2) is 22.3 Å². The van der Waals surface area contributed by atoms with Gasteiger partial charge in [-0.1, -0.05) is 30.3 Å². The van der Waals surface area contributed by atoms with Crippen LogP contribution in [0.2, 0.25) is 0 Å². The van der Waals surface area contributed by atoms with Crippen molar-refractivity contribution in [1.29, 1.82) is 0 Å². The molecule has 0 aromatic heterocycles. The van der Waals surface area contributed by atoms with Crippen molar-refractivity contribution in [3.63, 3.8) is 0 Å². The summed E-state index contributed by atoms with van der Waals surface area (Å²) < 4.78 is 45.8. The van der Waals surface area contributed by atoms with E-state index in [9.17, 15) is 22.4 Å². The van der Waals surface area contributed by atoms with Crippen LogP contribution in [0.4, 0.5) is 14.9 Å². The van der Waals surface area contributed by atoms with Gasteiger partial charge in [0.2, 0.25) is 0 Å². The van der Waals surface area contributed by atoms with Gasteiger partial charge in [0.25, 0.3) is 15.9 Å². The smallest absolute Gasteiger partial charge is 0.408 e. The molecule has 0 bridgehead atoms. The Labute approximate surface area is 204 Å². The van der Waals surface area contributed by atoms with Gasteiger partial charge in [-0.3, -0.25) is 9.80 Å². The minimum absolute atomic E-state index is 0.149. The number of hydrogen-bond donors (Lipinski definition) is 2. The summed E-state index contributed by atoms with van der Waals surface area (Å²) in [5.41, 5.74) is 1.16. The number of anilines is 1. The first-order valence-electron chi connectivity index (χ1n) is 11.0. The number of halogens is 1. The fraction of sp³-hybridized carbons (Fsp3) is 0.375. The maximum Gasteiger partial charge on any atom is 0.408 e. The molecule has 0 aliphatic carbocycles. The van der Waals surface area contributed by atoms with Gasteiger partial charge in [0.15, 0.2) is 0 Å². The Bertz CT molecular complexity index is 1190. The van der Waals surface area contributed by atoms with Crippen molar-refractivity contribution in [3.8, 4) is 0 Å². The summed E-state index contributed by atoms with van der Waals surface area (Å²) in [4.78, 5) is 24.1. The second kappa shape index (κ2) is 10.4. The minimum atomic E-state index is -4.20. The van der Waals surface area contributed by atoms with Gasteiger partial charge in [0.1, 0.15) is 18.3 Å². The Balaban J connectivity index is 1.71. The Morgan fingerprint density at radius 1 is 1.14 bits per heavy atom. The fourth-order valence-electron chi connectivity index (χ4n) is 3.43. The number of sulfonamides is 1. The van der Waals surface area contributed by atoms with Crippen molar-refractivity contribution in [2.45, 2.75) is 56.7 Å². The molecule has 2 aromatic carbocycles. The zero-order valence-corrected chi connectivity index (χ0v) is 20.8. The summed E-state index contributed by atoms with van der Waals surface area (Å²) in [6.07, 6.45) is -0.423. The zero-order valence-electron chi connectivity index (χ0n) is 20.0. The van der Waals surface area contributed by atoms with Crippen LogP contribution >= 0.6 is 0 Å². The lowest BCUT2D eigenvalue weighted by Gasteiger charge is -2.24. The van der Waals surface area contributed by atoms with E-state index in [1.54, 1.807) is 37.9 Å². The molecule has 0 spiro atoms. The first-order chi connectivity index (χ1) is 16.4. The van der Waals surface area contributed by atoms with Crippen LogP contribution in [0, 0.1) is 0 Å². The molecule has 188 valence electrons. The van der Waals surface area contributed by atoms with Crippen molar-refractivity contribution >= 4 is 33.4 Å². The molecule has 0 fully saturated rings. The summed E-state index contributed by atoms with van der Waals surface area (Å²) in [5, 5.41) is 8.31. The Morgan fingerprint density at radius 3 is 2.34 bits per heavy atom. The van der Waals surface area contributed by atoms with Gasteiger partial charge in [0.05, 0.1) is 22.3 Å². The fourth-order valence-corrected chi connectivity index (χ4v) is 4.49. The molecule has 2 unspecified atom stereocenters. The summed E-state index contributed by atoms with van der Waals surface area (Å²) >= 11 is 0. The van der Waals surface area contributed by atoms with Gasteiger partial charge in [-0.05, 0) is 57.5 Å². The third kappa shape index (κ3) is 6.78. The van der Waals surface area contributed by atoms with Gasteiger partial charge in [-0.15, -0.1) is 0 Å². The van der Waals surface area contributed by atoms with E-state index in [2.05, 4.69) is 10.4 Å². The van der Waals surface area contributed by atoms with Gasteiger partial charge < -0.3 is 10.1 Å². The predicted octanol–water partition coefficient (Wildman–Crippen LogP) is 3.68. The Morgan fingerprint density at radius 2 is 1.77 bits per heavy atom. The number of rotatable bonds is 7. The molecule has 3 rings (SSSR count). The van der Waals surface area contributed by atoms with Gasteiger partial charge >= 0.3 is 6.09 Å². The van der Waals surface area contributed by atoms with E-state index in [0.717, 1.165) is 5.56 Å². The van der Waals surface area contributed by atoms with Crippen LogP contribution in [0.25, 0.3) is 0 Å². The van der Waals surface area contributed by atoms with Gasteiger partial charge in [-0.2, -0.15) is 5.10 Å². The standard InChI is InChI=1S/C24H29FN4O5S/c1-16(26-23(31)34-24(2,3)4)22(30)28-35(32,33)20-12-10-19(11-13-20)29-21(14-18(15-25)27-29)17-8-6-5-7-9-17/h5-13,16,21H,14-15H2,1-4H3,(H,26,31)(H,28,30). The molecule has 2 atom stereocenters. The quantitative estimate of drug-likeness (QED) is 0.594. The predicted molar refractivity (Wildman–Crippen MR) is 130 cm³/mol. The number of alkyl halides is 1. The molecule has 9 nitrogen and oxygen atoms in total. The summed E-state index contributed by atoms with van der Waals surface area (Å²) in [6, 6.07) is 13.9. The molecule has 0 radical (unpaired) electrons. The SMILES string of the molecule is CC(NC(=O)OC(C)(C)C)C(=O)NS(=O)(=O)c1ccc(N2N=C(CF)CC2c2ccccc2)cc1. The molecule has 2 aromatic rings. The van der Waals surface area contributed by atoms with Crippen molar-refractivity contribution in [1.82, 2.24) is 10.0 Å². The molecule has 1 heterocycles. The van der Waals surface area contributed by atoms with Crippen LogP contribution in [0.3, 0.4) is 0 Å². The Kier molecular flexibility index (Phi) is 7.79. The number of hydrazone groups is 1. The maximum absolute atomic E-state index is 13.3. The summed E-state index contributed by atoms with van der Waals surface area (Å²) in [5.74, 6) is -0.916. The molecule has 2 amide bonds. The highest BCUT2D eigenvalue weighted by molar-refractivity contribution is 7.90. The lowest BCUT2D eigenvalue weighted by Crippen LogP contribution is -2.47. The summed E-state index contributed by atoms with van der Waals surface area (Å²) in [7, 11) is -4.20. The third-order valence-electron chi connectivity index (χ3n) is 5.08. The molecule has 35 heavy (non-hydrogen) atoms. The number of benzene rings is 2. The van der Waals surface area contributed by atoms with Crippen LogP contribution in [0.5, 0.6) is 0 Å². The largest absolute Gasteiger partial charge is 0.444 e. The monoisotopic (exact) mass is 504 g/mol. The minimum Gasteiger partial charge on any atom is -0.444 e. The van der Waals surface area contributed by atoms with Crippen LogP contribution in [-0.2, 0) is 19.6 Å². The number of nitrogens with zero attached hydrogens (tertiary/aromatic N) is 2. The van der Waals surface area contributed by atoms with E-state index in [1.807, 2.05) is 35.1 Å². The second-order valence-electron chi connectivity index (χ2n) is 9.11. The molecule has 11 heteroatoms. The zero-order chi connectivity index (χ0) is 25.8. The number of hydrogen-bond acceptors (Lipinski definition) is 7. The number of carbonyl (C=O) groups excluding carboxylic acids is 2. The number of alkyl carbamates (subject to hydrolysis) is 1. The van der Waals surface area contributed by atoms with E-state index in [4.69, 9.17) is 4.74 Å². The van der Waals surface area contributed by atoms with Crippen LogP contribution < -0.4 is 15.0 Å². The highest BCUT2D eigenvalue weighted by Crippen LogP contribution is 2.35. The highest BCUT2D eigenvalue weighted by atomic mass is 32.2. The van der Waals surface area contributed by atoms with E-state index in [1.165, 1.54) is 19.1 Å². The van der Waals surface area contributed by atoms with Gasteiger partial charge in [0, 0.05) is 6.42 Å². The molecular weight excluding hydrogens is 475 g/mol. The van der Waals surface area contributed by atoms with Crippen LogP contribution in [0.15, 0.2) is 64.6 Å². The number of carbonyl (C=O) groups is 2. The molecule has 2 N–H and O–H groups in total. The Hall–Kier alpha value is -3.47. The topological polar surface area (TPSA) is 117 Å². The van der Waals surface area contributed by atoms with Crippen molar-refractivity contribution < 1.29 is 27.1 Å². The van der Waals surface area contributed by atoms with E-state index in [0.29, 0.717) is 17.8 Å². The van der Waals surface area contributed by atoms with Crippen LogP contribution in [0.1, 0.15) is 45.7 Å². The molecule has 1 aliphatic heterocycles. The number of nitrogens with one attached hydrogen (secondary N) is 2. The number of ether oxygens (including phenoxy) is 1. The highest BCUT2D eigenvalue weighted by Gasteiger charge is 2.30. The normalized spacial score (nSPS) is 16.9. The summed E-state index contributed by atoms with van der Waals surface area (Å²) in [6.45, 7) is 5.67. The number of amides is 2. The first kappa shape index (κ1) is 26.1.